The van der Waals surface area contributed by atoms with Gasteiger partial charge in [0.2, 0.25) is 0 Å². The van der Waals surface area contributed by atoms with Crippen molar-refractivity contribution in [2.24, 2.45) is 10.9 Å². The third kappa shape index (κ3) is 5.19. The van der Waals surface area contributed by atoms with Crippen molar-refractivity contribution in [2.75, 3.05) is 13.1 Å². The molecule has 1 unspecified atom stereocenters. The Morgan fingerprint density at radius 2 is 2.04 bits per heavy atom. The van der Waals surface area contributed by atoms with Gasteiger partial charge in [-0.2, -0.15) is 5.10 Å². The fourth-order valence-electron chi connectivity index (χ4n) is 4.12. The second-order valence-electron chi connectivity index (χ2n) is 7.49. The van der Waals surface area contributed by atoms with Gasteiger partial charge in [0.25, 0.3) is 0 Å². The molecule has 1 aliphatic carbocycles. The number of aryl methyl sites for hydroxylation is 2. The molecule has 1 aliphatic heterocycles. The smallest absolute Gasteiger partial charge is 0.191 e. The normalized spacial score (nSPS) is 21.4. The first-order chi connectivity index (χ1) is 12.3. The molecule has 0 spiro atoms. The number of aromatic nitrogens is 3. The van der Waals surface area contributed by atoms with Crippen LogP contribution in [-0.4, -0.2) is 33.8 Å². The predicted octanol–water partition coefficient (Wildman–Crippen LogP) is 3.34. The highest BCUT2D eigenvalue weighted by Crippen LogP contribution is 2.28. The van der Waals surface area contributed by atoms with Gasteiger partial charge in [0.15, 0.2) is 5.96 Å². The van der Waals surface area contributed by atoms with Crippen molar-refractivity contribution in [1.29, 1.82) is 0 Å². The van der Waals surface area contributed by atoms with E-state index in [9.17, 15) is 0 Å². The molecule has 140 valence electrons. The van der Waals surface area contributed by atoms with Crippen LogP contribution < -0.4 is 10.6 Å². The molecule has 0 aromatic carbocycles. The molecule has 2 N–H and O–H groups in total. The second kappa shape index (κ2) is 9.20. The summed E-state index contributed by atoms with van der Waals surface area (Å²) in [6.07, 6.45) is 11.9. The molecule has 6 heteroatoms. The van der Waals surface area contributed by atoms with Gasteiger partial charge in [-0.05, 0) is 39.0 Å². The average Bonchev–Trinajstić information content (AvgIpc) is 3.23. The van der Waals surface area contributed by atoms with E-state index in [2.05, 4.69) is 27.6 Å². The van der Waals surface area contributed by atoms with Gasteiger partial charge in [-0.3, -0.25) is 4.99 Å². The maximum absolute atomic E-state index is 4.79. The molecule has 2 aliphatic rings. The highest BCUT2D eigenvalue weighted by atomic mass is 15.4. The van der Waals surface area contributed by atoms with E-state index < -0.39 is 0 Å². The van der Waals surface area contributed by atoms with Crippen LogP contribution in [0.1, 0.15) is 82.4 Å². The lowest BCUT2D eigenvalue weighted by Gasteiger charge is -2.25. The standard InChI is InChI=1S/C19H34N6/c1-3-20-19(21-13-7-6-11-16-9-4-5-10-16)23-17-12-8-14-25-18(17)22-15(2)24-25/h16-17H,3-14H2,1-2H3,(H2,20,21,23). The first-order valence-corrected chi connectivity index (χ1v) is 10.2. The summed E-state index contributed by atoms with van der Waals surface area (Å²) in [4.78, 5) is 9.39. The van der Waals surface area contributed by atoms with Crippen molar-refractivity contribution in [1.82, 2.24) is 25.4 Å². The lowest BCUT2D eigenvalue weighted by molar-refractivity contribution is 0.397. The zero-order valence-corrected chi connectivity index (χ0v) is 15.9. The Morgan fingerprint density at radius 3 is 2.84 bits per heavy atom. The minimum atomic E-state index is 0.214. The Hall–Kier alpha value is -1.59. The van der Waals surface area contributed by atoms with Crippen molar-refractivity contribution in [3.05, 3.63) is 11.6 Å². The van der Waals surface area contributed by atoms with E-state index in [1.54, 1.807) is 0 Å². The van der Waals surface area contributed by atoms with E-state index in [1.807, 2.05) is 11.6 Å². The van der Waals surface area contributed by atoms with E-state index in [0.29, 0.717) is 0 Å². The number of nitrogens with one attached hydrogen (secondary N) is 2. The summed E-state index contributed by atoms with van der Waals surface area (Å²) >= 11 is 0. The molecule has 1 fully saturated rings. The molecule has 0 radical (unpaired) electrons. The first-order valence-electron chi connectivity index (χ1n) is 10.2. The molecule has 0 amide bonds. The fourth-order valence-corrected chi connectivity index (χ4v) is 4.12. The summed E-state index contributed by atoms with van der Waals surface area (Å²) in [6, 6.07) is 0.214. The van der Waals surface area contributed by atoms with Crippen LogP contribution in [0, 0.1) is 12.8 Å². The predicted molar refractivity (Wildman–Crippen MR) is 102 cm³/mol. The van der Waals surface area contributed by atoms with Crippen molar-refractivity contribution in [3.63, 3.8) is 0 Å². The molecule has 0 saturated heterocycles. The van der Waals surface area contributed by atoms with Gasteiger partial charge in [0.05, 0.1) is 6.04 Å². The third-order valence-corrected chi connectivity index (χ3v) is 5.40. The van der Waals surface area contributed by atoms with Crippen LogP contribution >= 0.6 is 0 Å². The Balaban J connectivity index is 1.48. The van der Waals surface area contributed by atoms with Crippen LogP contribution in [0.3, 0.4) is 0 Å². The maximum atomic E-state index is 4.79. The summed E-state index contributed by atoms with van der Waals surface area (Å²) in [5, 5.41) is 11.4. The average molecular weight is 347 g/mol. The van der Waals surface area contributed by atoms with E-state index in [4.69, 9.17) is 4.99 Å². The Labute approximate surface area is 151 Å². The topological polar surface area (TPSA) is 67.1 Å². The summed E-state index contributed by atoms with van der Waals surface area (Å²) in [6.45, 7) is 6.84. The molecule has 6 nitrogen and oxygen atoms in total. The van der Waals surface area contributed by atoms with Crippen molar-refractivity contribution >= 4 is 5.96 Å². The number of aliphatic imine (C=N–C) groups is 1. The monoisotopic (exact) mass is 346 g/mol. The number of fused-ring (bicyclic) bond motifs is 1. The number of hydrogen-bond acceptors (Lipinski definition) is 3. The molecule has 1 aromatic rings. The summed E-state index contributed by atoms with van der Waals surface area (Å²) in [5.41, 5.74) is 0. The number of rotatable bonds is 7. The van der Waals surface area contributed by atoms with Gasteiger partial charge in [-0.25, -0.2) is 9.67 Å². The summed E-state index contributed by atoms with van der Waals surface area (Å²) in [7, 11) is 0. The Kier molecular flexibility index (Phi) is 6.70. The molecule has 1 aromatic heterocycles. The van der Waals surface area contributed by atoms with E-state index in [1.165, 1.54) is 44.9 Å². The fraction of sp³-hybridized carbons (Fsp3) is 0.842. The third-order valence-electron chi connectivity index (χ3n) is 5.40. The van der Waals surface area contributed by atoms with Gasteiger partial charge >= 0.3 is 0 Å². The minimum Gasteiger partial charge on any atom is -0.357 e. The Bertz CT molecular complexity index is 558. The lowest BCUT2D eigenvalue weighted by Crippen LogP contribution is -2.41. The SMILES string of the molecule is CCNC(=NCCCCC1CCCC1)NC1CCCn2nc(C)nc21. The second-order valence-corrected chi connectivity index (χ2v) is 7.49. The highest BCUT2D eigenvalue weighted by molar-refractivity contribution is 5.80. The number of guanidine groups is 1. The van der Waals surface area contributed by atoms with E-state index in [0.717, 1.165) is 56.0 Å². The van der Waals surface area contributed by atoms with E-state index >= 15 is 0 Å². The van der Waals surface area contributed by atoms with Crippen molar-refractivity contribution < 1.29 is 0 Å². The summed E-state index contributed by atoms with van der Waals surface area (Å²) in [5.74, 6) is 3.82. The zero-order valence-electron chi connectivity index (χ0n) is 15.9. The highest BCUT2D eigenvalue weighted by Gasteiger charge is 2.24. The van der Waals surface area contributed by atoms with Gasteiger partial charge in [0, 0.05) is 19.6 Å². The molecule has 2 heterocycles. The number of nitrogens with zero attached hydrogens (tertiary/aromatic N) is 4. The lowest BCUT2D eigenvalue weighted by atomic mass is 10.0. The van der Waals surface area contributed by atoms with Crippen LogP contribution in [0.5, 0.6) is 0 Å². The van der Waals surface area contributed by atoms with Crippen LogP contribution in [0.2, 0.25) is 0 Å². The molecule has 3 rings (SSSR count). The molecule has 1 atom stereocenters. The van der Waals surface area contributed by atoms with Crippen LogP contribution in [-0.2, 0) is 6.54 Å². The molecular formula is C19H34N6. The van der Waals surface area contributed by atoms with Crippen molar-refractivity contribution in [3.8, 4) is 0 Å². The van der Waals surface area contributed by atoms with Crippen LogP contribution in [0.25, 0.3) is 0 Å². The number of hydrogen-bond donors (Lipinski definition) is 2. The van der Waals surface area contributed by atoms with Gasteiger partial charge in [-0.15, -0.1) is 0 Å². The van der Waals surface area contributed by atoms with E-state index in [-0.39, 0.29) is 6.04 Å². The van der Waals surface area contributed by atoms with Gasteiger partial charge < -0.3 is 10.6 Å². The summed E-state index contributed by atoms with van der Waals surface area (Å²) < 4.78 is 2.04. The molecule has 25 heavy (non-hydrogen) atoms. The maximum Gasteiger partial charge on any atom is 0.191 e. The van der Waals surface area contributed by atoms with Crippen LogP contribution in [0.4, 0.5) is 0 Å². The van der Waals surface area contributed by atoms with Gasteiger partial charge in [-0.1, -0.05) is 38.5 Å². The molecule has 0 bridgehead atoms. The number of unbranched alkanes of at least 4 members (excludes halogenated alkanes) is 1. The molecular weight excluding hydrogens is 312 g/mol. The van der Waals surface area contributed by atoms with Crippen molar-refractivity contribution in [2.45, 2.75) is 84.2 Å². The quantitative estimate of drug-likeness (QED) is 0.451. The zero-order chi connectivity index (χ0) is 17.5. The molecule has 1 saturated carbocycles. The van der Waals surface area contributed by atoms with Gasteiger partial charge in [0.1, 0.15) is 11.6 Å². The first kappa shape index (κ1) is 18.2. The Morgan fingerprint density at radius 1 is 1.20 bits per heavy atom. The van der Waals surface area contributed by atoms with Crippen LogP contribution in [0.15, 0.2) is 4.99 Å². The largest absolute Gasteiger partial charge is 0.357 e. The minimum absolute atomic E-state index is 0.214.